The Hall–Kier alpha value is -0.660. The number of hydrogen-bond acceptors (Lipinski definition) is 4. The zero-order chi connectivity index (χ0) is 9.78. The van der Waals surface area contributed by atoms with Crippen LogP contribution in [0, 0.1) is 0 Å². The molecular formula is C5H12N2O4S. The molecule has 0 aliphatic rings. The van der Waals surface area contributed by atoms with E-state index in [1.54, 1.807) is 0 Å². The van der Waals surface area contributed by atoms with E-state index >= 15 is 0 Å². The molecule has 0 unspecified atom stereocenters. The molecule has 0 aliphatic carbocycles. The maximum atomic E-state index is 10.4. The van der Waals surface area contributed by atoms with Gasteiger partial charge in [-0.3, -0.25) is 4.79 Å². The number of primary sulfonamides is 1. The highest BCUT2D eigenvalue weighted by Crippen LogP contribution is 1.81. The monoisotopic (exact) mass is 196 g/mol. The number of sulfonamides is 1. The molecule has 7 heteroatoms. The van der Waals surface area contributed by atoms with Crippen LogP contribution in [0.5, 0.6) is 0 Å². The highest BCUT2D eigenvalue weighted by atomic mass is 32.2. The highest BCUT2D eigenvalue weighted by Gasteiger charge is 2.10. The van der Waals surface area contributed by atoms with E-state index in [9.17, 15) is 13.2 Å². The Morgan fingerprint density at radius 3 is 2.50 bits per heavy atom. The molecule has 0 amide bonds. The van der Waals surface area contributed by atoms with Gasteiger partial charge >= 0.3 is 5.97 Å². The topological polar surface area (TPSA) is 109 Å². The molecule has 0 rings (SSSR count). The average Bonchev–Trinajstić information content (AvgIpc) is 1.84. The third kappa shape index (κ3) is 6.08. The van der Waals surface area contributed by atoms with Gasteiger partial charge in [0.05, 0.1) is 5.75 Å². The van der Waals surface area contributed by atoms with Gasteiger partial charge in [-0.1, -0.05) is 0 Å². The van der Waals surface area contributed by atoms with Crippen molar-refractivity contribution in [3.8, 4) is 0 Å². The van der Waals surface area contributed by atoms with Gasteiger partial charge in [-0.05, 0) is 6.92 Å². The van der Waals surface area contributed by atoms with Crippen LogP contribution in [0.1, 0.15) is 6.92 Å². The van der Waals surface area contributed by atoms with Crippen molar-refractivity contribution in [2.24, 2.45) is 5.14 Å². The number of aliphatic carboxylic acids is 1. The fourth-order valence-electron chi connectivity index (χ4n) is 0.505. The number of hydrogen-bond donors (Lipinski definition) is 3. The van der Waals surface area contributed by atoms with Crippen LogP contribution in [0.25, 0.3) is 0 Å². The molecule has 0 fully saturated rings. The Morgan fingerprint density at radius 2 is 2.17 bits per heavy atom. The van der Waals surface area contributed by atoms with Gasteiger partial charge in [-0.15, -0.1) is 0 Å². The van der Waals surface area contributed by atoms with E-state index in [0.717, 1.165) is 0 Å². The van der Waals surface area contributed by atoms with Crippen LogP contribution < -0.4 is 10.5 Å². The second-order valence-electron chi connectivity index (χ2n) is 2.38. The lowest BCUT2D eigenvalue weighted by Gasteiger charge is -2.07. The summed E-state index contributed by atoms with van der Waals surface area (Å²) < 4.78 is 20.7. The highest BCUT2D eigenvalue weighted by molar-refractivity contribution is 7.89. The Kier molecular flexibility index (Phi) is 4.15. The van der Waals surface area contributed by atoms with Crippen molar-refractivity contribution >= 4 is 16.0 Å². The first-order valence-electron chi connectivity index (χ1n) is 3.29. The minimum Gasteiger partial charge on any atom is -0.480 e. The number of carboxylic acid groups (broad SMARTS) is 1. The lowest BCUT2D eigenvalue weighted by atomic mass is 10.3. The maximum Gasteiger partial charge on any atom is 0.320 e. The Bertz CT molecular complexity index is 248. The van der Waals surface area contributed by atoms with E-state index in [2.05, 4.69) is 10.5 Å². The standard InChI is InChI=1S/C5H12N2O4S/c1-4(5(8)9)7-2-3-12(6,10)11/h4,7H,2-3H2,1H3,(H,8,9)(H2,6,10,11)/t4-/m0/s1. The molecule has 6 nitrogen and oxygen atoms in total. The Balaban J connectivity index is 3.65. The summed E-state index contributed by atoms with van der Waals surface area (Å²) in [4.78, 5) is 10.2. The Labute approximate surface area is 70.8 Å². The molecule has 4 N–H and O–H groups in total. The van der Waals surface area contributed by atoms with Gasteiger partial charge in [0.1, 0.15) is 6.04 Å². The van der Waals surface area contributed by atoms with E-state index in [0.29, 0.717) is 0 Å². The second-order valence-corrected chi connectivity index (χ2v) is 4.12. The maximum absolute atomic E-state index is 10.4. The second kappa shape index (κ2) is 4.39. The van der Waals surface area contributed by atoms with E-state index in [1.165, 1.54) is 6.92 Å². The molecule has 0 saturated carbocycles. The first-order chi connectivity index (χ1) is 5.33. The normalized spacial score (nSPS) is 14.2. The van der Waals surface area contributed by atoms with Crippen molar-refractivity contribution in [3.05, 3.63) is 0 Å². The SMILES string of the molecule is C[C@H](NCCS(N)(=O)=O)C(=O)O. The van der Waals surface area contributed by atoms with Crippen molar-refractivity contribution in [1.29, 1.82) is 0 Å². The minimum atomic E-state index is -3.50. The summed E-state index contributed by atoms with van der Waals surface area (Å²) in [5, 5.41) is 15.5. The van der Waals surface area contributed by atoms with Crippen molar-refractivity contribution in [1.82, 2.24) is 5.32 Å². The quantitative estimate of drug-likeness (QED) is 0.487. The summed E-state index contributed by atoms with van der Waals surface area (Å²) >= 11 is 0. The summed E-state index contributed by atoms with van der Waals surface area (Å²) in [6.45, 7) is 1.47. The van der Waals surface area contributed by atoms with Crippen LogP contribution in [-0.2, 0) is 14.8 Å². The molecule has 0 spiro atoms. The molecule has 0 aromatic carbocycles. The van der Waals surface area contributed by atoms with Crippen molar-refractivity contribution in [3.63, 3.8) is 0 Å². The predicted octanol–water partition coefficient (Wildman–Crippen LogP) is -1.66. The van der Waals surface area contributed by atoms with E-state index in [1.807, 2.05) is 0 Å². The number of carbonyl (C=O) groups is 1. The van der Waals surface area contributed by atoms with Crippen molar-refractivity contribution < 1.29 is 18.3 Å². The molecule has 0 aliphatic heterocycles. The Morgan fingerprint density at radius 1 is 1.67 bits per heavy atom. The molecule has 0 aromatic heterocycles. The number of rotatable bonds is 5. The van der Waals surface area contributed by atoms with Crippen LogP contribution in [-0.4, -0.2) is 37.8 Å². The molecule has 0 bridgehead atoms. The molecule has 0 radical (unpaired) electrons. The van der Waals surface area contributed by atoms with Gasteiger partial charge in [0.15, 0.2) is 0 Å². The first-order valence-corrected chi connectivity index (χ1v) is 5.01. The summed E-state index contributed by atoms with van der Waals surface area (Å²) in [5.41, 5.74) is 0. The largest absolute Gasteiger partial charge is 0.480 e. The summed E-state index contributed by atoms with van der Waals surface area (Å²) in [6, 6.07) is -0.758. The van der Waals surface area contributed by atoms with E-state index in [-0.39, 0.29) is 12.3 Å². The molecule has 12 heavy (non-hydrogen) atoms. The van der Waals surface area contributed by atoms with Gasteiger partial charge in [0.2, 0.25) is 10.0 Å². The molecule has 1 atom stereocenters. The summed E-state index contributed by atoms with van der Waals surface area (Å²) in [6.07, 6.45) is 0. The minimum absolute atomic E-state index is 0.0479. The summed E-state index contributed by atoms with van der Waals surface area (Å²) in [7, 11) is -3.50. The molecular weight excluding hydrogens is 184 g/mol. The van der Waals surface area contributed by atoms with Crippen LogP contribution in [0.2, 0.25) is 0 Å². The number of nitrogens with one attached hydrogen (secondary N) is 1. The molecule has 0 saturated heterocycles. The van der Waals surface area contributed by atoms with Crippen LogP contribution >= 0.6 is 0 Å². The summed E-state index contributed by atoms with van der Waals surface area (Å²) in [5.74, 6) is -1.28. The van der Waals surface area contributed by atoms with Gasteiger partial charge in [-0.25, -0.2) is 13.6 Å². The lowest BCUT2D eigenvalue weighted by molar-refractivity contribution is -0.138. The van der Waals surface area contributed by atoms with Crippen LogP contribution in [0.3, 0.4) is 0 Å². The van der Waals surface area contributed by atoms with Crippen molar-refractivity contribution in [2.45, 2.75) is 13.0 Å². The smallest absolute Gasteiger partial charge is 0.320 e. The fourth-order valence-corrected chi connectivity index (χ4v) is 0.907. The number of nitrogens with two attached hydrogens (primary N) is 1. The molecule has 0 aromatic rings. The number of carboxylic acids is 1. The first kappa shape index (κ1) is 11.3. The van der Waals surface area contributed by atoms with Gasteiger partial charge < -0.3 is 10.4 Å². The molecule has 72 valence electrons. The fraction of sp³-hybridized carbons (Fsp3) is 0.800. The van der Waals surface area contributed by atoms with Gasteiger partial charge in [0, 0.05) is 6.54 Å². The zero-order valence-electron chi connectivity index (χ0n) is 6.65. The zero-order valence-corrected chi connectivity index (χ0v) is 7.47. The third-order valence-electron chi connectivity index (χ3n) is 1.21. The van der Waals surface area contributed by atoms with Gasteiger partial charge in [0.25, 0.3) is 0 Å². The van der Waals surface area contributed by atoms with E-state index in [4.69, 9.17) is 5.11 Å². The predicted molar refractivity (Wildman–Crippen MR) is 43.1 cm³/mol. The average molecular weight is 196 g/mol. The van der Waals surface area contributed by atoms with Crippen LogP contribution in [0.15, 0.2) is 0 Å². The van der Waals surface area contributed by atoms with Crippen LogP contribution in [0.4, 0.5) is 0 Å². The van der Waals surface area contributed by atoms with E-state index < -0.39 is 22.0 Å². The molecule has 0 heterocycles. The lowest BCUT2D eigenvalue weighted by Crippen LogP contribution is -2.37. The van der Waals surface area contributed by atoms with Crippen molar-refractivity contribution in [2.75, 3.05) is 12.3 Å². The third-order valence-corrected chi connectivity index (χ3v) is 1.98. The van der Waals surface area contributed by atoms with Gasteiger partial charge in [-0.2, -0.15) is 0 Å².